The lowest BCUT2D eigenvalue weighted by Gasteiger charge is -2.18. The number of benzene rings is 1. The minimum Gasteiger partial charge on any atom is -0.504 e. The summed E-state index contributed by atoms with van der Waals surface area (Å²) in [7, 11) is 0. The Morgan fingerprint density at radius 2 is 1.81 bits per heavy atom. The molecule has 0 radical (unpaired) electrons. The molecular formula is C21H35N3O2. The Bertz CT molecular complexity index is 546. The van der Waals surface area contributed by atoms with E-state index in [4.69, 9.17) is 15.9 Å². The Hall–Kier alpha value is -2.14. The molecule has 0 aromatic heterocycles. The predicted molar refractivity (Wildman–Crippen MR) is 109 cm³/mol. The van der Waals surface area contributed by atoms with E-state index in [1.54, 1.807) is 6.07 Å². The van der Waals surface area contributed by atoms with Gasteiger partial charge in [-0.2, -0.15) is 0 Å². The molecule has 0 aliphatic carbocycles. The van der Waals surface area contributed by atoms with Crippen LogP contribution >= 0.6 is 0 Å². The van der Waals surface area contributed by atoms with Crippen molar-refractivity contribution in [2.75, 3.05) is 19.8 Å². The first-order valence-electron chi connectivity index (χ1n) is 9.62. The maximum atomic E-state index is 9.04. The molecule has 0 spiro atoms. The Kier molecular flexibility index (Phi) is 11.0. The minimum absolute atomic E-state index is 0.0871. The molecule has 0 bridgehead atoms. The molecule has 4 N–H and O–H groups in total. The second kappa shape index (κ2) is 13.1. The zero-order chi connectivity index (χ0) is 19.2. The van der Waals surface area contributed by atoms with Crippen LogP contribution in [0.3, 0.4) is 0 Å². The third kappa shape index (κ3) is 8.81. The van der Waals surface area contributed by atoms with E-state index in [-0.39, 0.29) is 11.5 Å². The zero-order valence-electron chi connectivity index (χ0n) is 16.1. The number of phenolic OH excluding ortho intramolecular Hbond substituents is 2. The highest BCUT2D eigenvalue weighted by molar-refractivity contribution is 5.40. The van der Waals surface area contributed by atoms with E-state index in [9.17, 15) is 0 Å². The summed E-state index contributed by atoms with van der Waals surface area (Å²) in [6.45, 7) is 8.74. The van der Waals surface area contributed by atoms with Crippen LogP contribution in [0.5, 0.6) is 11.5 Å². The lowest BCUT2D eigenvalue weighted by atomic mass is 10.1. The number of hydrogen-bond donors (Lipinski definition) is 3. The van der Waals surface area contributed by atoms with Gasteiger partial charge in [-0.1, -0.05) is 51.7 Å². The first-order valence-corrected chi connectivity index (χ1v) is 9.62. The van der Waals surface area contributed by atoms with Gasteiger partial charge in [-0.05, 0) is 43.3 Å². The second-order valence-electron chi connectivity index (χ2n) is 6.58. The molecule has 2 rings (SSSR count). The van der Waals surface area contributed by atoms with Crippen LogP contribution in [0, 0.1) is 0 Å². The summed E-state index contributed by atoms with van der Waals surface area (Å²) >= 11 is 0. The van der Waals surface area contributed by atoms with Gasteiger partial charge >= 0.3 is 0 Å². The lowest BCUT2D eigenvalue weighted by molar-refractivity contribution is 0.307. The van der Waals surface area contributed by atoms with Crippen LogP contribution in [0.15, 0.2) is 43.4 Å². The summed E-state index contributed by atoms with van der Waals surface area (Å²) in [5, 5.41) is 18.0. The second-order valence-corrected chi connectivity index (χ2v) is 6.58. The fourth-order valence-corrected chi connectivity index (χ4v) is 2.73. The summed E-state index contributed by atoms with van der Waals surface area (Å²) in [4.78, 5) is 4.46. The van der Waals surface area contributed by atoms with Crippen molar-refractivity contribution in [2.45, 2.75) is 51.9 Å². The average Bonchev–Trinajstić information content (AvgIpc) is 3.10. The number of rotatable bonds is 10. The number of nitrogens with two attached hydrogens (primary N) is 1. The molecule has 0 saturated heterocycles. The van der Waals surface area contributed by atoms with E-state index in [0.717, 1.165) is 12.2 Å². The third-order valence-corrected chi connectivity index (χ3v) is 4.32. The number of phenols is 2. The number of unbranched alkanes of at least 4 members (excludes halogenated alkanes) is 5. The third-order valence-electron chi connectivity index (χ3n) is 4.32. The molecule has 26 heavy (non-hydrogen) atoms. The zero-order valence-corrected chi connectivity index (χ0v) is 16.1. The van der Waals surface area contributed by atoms with Crippen LogP contribution in [0.2, 0.25) is 0 Å². The van der Waals surface area contributed by atoms with Crippen molar-refractivity contribution in [3.8, 4) is 11.5 Å². The molecule has 1 aromatic rings. The highest BCUT2D eigenvalue weighted by Crippen LogP contribution is 2.24. The lowest BCUT2D eigenvalue weighted by Crippen LogP contribution is -2.22. The Morgan fingerprint density at radius 1 is 1.08 bits per heavy atom. The fourth-order valence-electron chi connectivity index (χ4n) is 2.73. The van der Waals surface area contributed by atoms with Gasteiger partial charge in [0.05, 0.1) is 6.67 Å². The molecule has 0 amide bonds. The molecule has 0 atom stereocenters. The first-order chi connectivity index (χ1) is 12.6. The smallest absolute Gasteiger partial charge is 0.157 e. The summed E-state index contributed by atoms with van der Waals surface area (Å²) in [6.07, 6.45) is 15.1. The monoisotopic (exact) mass is 361 g/mol. The summed E-state index contributed by atoms with van der Waals surface area (Å²) in [5.41, 5.74) is 6.24. The van der Waals surface area contributed by atoms with Crippen molar-refractivity contribution >= 4 is 0 Å². The van der Waals surface area contributed by atoms with Crippen molar-refractivity contribution in [3.05, 3.63) is 48.9 Å². The van der Waals surface area contributed by atoms with E-state index in [1.807, 2.05) is 6.20 Å². The van der Waals surface area contributed by atoms with E-state index >= 15 is 0 Å². The van der Waals surface area contributed by atoms with Gasteiger partial charge in [0, 0.05) is 18.9 Å². The predicted octanol–water partition coefficient (Wildman–Crippen LogP) is 4.14. The van der Waals surface area contributed by atoms with Crippen molar-refractivity contribution in [2.24, 2.45) is 5.73 Å². The standard InChI is InChI=1S/C13H24N2.C8H11NO2/c1-3-5-6-7-8-9-10-15-12-11-14(4-2)13-15;9-4-3-6-1-2-7(10)8(11)5-6/h4,11-12H,2-3,5-10,13H2,1H3;1-2,5,10-11H,3-4,9H2. The van der Waals surface area contributed by atoms with Gasteiger partial charge in [0.25, 0.3) is 0 Å². The SMILES string of the molecule is C=CN1C=CN(CCCCCCCC)C1.NCCc1ccc(O)c(O)c1. The van der Waals surface area contributed by atoms with E-state index in [0.29, 0.717) is 13.0 Å². The summed E-state index contributed by atoms with van der Waals surface area (Å²) in [5.74, 6) is -0.179. The fraction of sp³-hybridized carbons (Fsp3) is 0.524. The first kappa shape index (κ1) is 21.9. The van der Waals surface area contributed by atoms with Gasteiger partial charge in [-0.25, -0.2) is 0 Å². The molecule has 0 unspecified atom stereocenters. The van der Waals surface area contributed by atoms with Gasteiger partial charge in [-0.15, -0.1) is 0 Å². The van der Waals surface area contributed by atoms with E-state index in [1.165, 1.54) is 57.2 Å². The maximum absolute atomic E-state index is 9.04. The molecule has 5 nitrogen and oxygen atoms in total. The van der Waals surface area contributed by atoms with E-state index < -0.39 is 0 Å². The van der Waals surface area contributed by atoms with Crippen molar-refractivity contribution in [1.82, 2.24) is 9.80 Å². The van der Waals surface area contributed by atoms with Crippen LogP contribution in [0.25, 0.3) is 0 Å². The Balaban J connectivity index is 0.000000273. The molecule has 1 aromatic carbocycles. The summed E-state index contributed by atoms with van der Waals surface area (Å²) < 4.78 is 0. The molecule has 0 fully saturated rings. The van der Waals surface area contributed by atoms with Gasteiger partial charge in [0.1, 0.15) is 0 Å². The molecule has 0 saturated carbocycles. The maximum Gasteiger partial charge on any atom is 0.157 e. The molecule has 146 valence electrons. The van der Waals surface area contributed by atoms with Crippen LogP contribution in [-0.4, -0.2) is 39.8 Å². The normalized spacial score (nSPS) is 12.8. The Morgan fingerprint density at radius 3 is 2.42 bits per heavy atom. The van der Waals surface area contributed by atoms with Gasteiger partial charge < -0.3 is 25.7 Å². The number of hydrogen-bond acceptors (Lipinski definition) is 5. The van der Waals surface area contributed by atoms with Gasteiger partial charge in [0.15, 0.2) is 11.5 Å². The number of aromatic hydroxyl groups is 2. The number of nitrogens with zero attached hydrogens (tertiary/aromatic N) is 2. The van der Waals surface area contributed by atoms with E-state index in [2.05, 4.69) is 35.7 Å². The minimum atomic E-state index is -0.0919. The molecule has 1 aliphatic heterocycles. The molecule has 1 heterocycles. The topological polar surface area (TPSA) is 73.0 Å². The average molecular weight is 362 g/mol. The quantitative estimate of drug-likeness (QED) is 0.431. The van der Waals surface area contributed by atoms with Gasteiger partial charge in [-0.3, -0.25) is 0 Å². The van der Waals surface area contributed by atoms with Crippen LogP contribution in [-0.2, 0) is 6.42 Å². The highest BCUT2D eigenvalue weighted by Gasteiger charge is 2.07. The molecule has 1 aliphatic rings. The van der Waals surface area contributed by atoms with Crippen LogP contribution < -0.4 is 5.73 Å². The van der Waals surface area contributed by atoms with Crippen LogP contribution in [0.1, 0.15) is 51.0 Å². The van der Waals surface area contributed by atoms with Crippen LogP contribution in [0.4, 0.5) is 0 Å². The molecule has 5 heteroatoms. The van der Waals surface area contributed by atoms with Gasteiger partial charge in [0.2, 0.25) is 0 Å². The van der Waals surface area contributed by atoms with Crippen molar-refractivity contribution < 1.29 is 10.2 Å². The molecular weight excluding hydrogens is 326 g/mol. The Labute approximate surface area is 158 Å². The van der Waals surface area contributed by atoms with Crippen molar-refractivity contribution in [3.63, 3.8) is 0 Å². The summed E-state index contributed by atoms with van der Waals surface area (Å²) in [6, 6.07) is 4.71. The van der Waals surface area contributed by atoms with Crippen molar-refractivity contribution in [1.29, 1.82) is 0 Å². The highest BCUT2D eigenvalue weighted by atomic mass is 16.3. The largest absolute Gasteiger partial charge is 0.504 e.